The molecular formula is C37H53NO3. The molecule has 1 aromatic rings. The molecule has 1 heterocycles. The Morgan fingerprint density at radius 3 is 2.32 bits per heavy atom. The maximum absolute atomic E-state index is 14.3. The highest BCUT2D eigenvalue weighted by Gasteiger charge is 2.70. The van der Waals surface area contributed by atoms with Crippen LogP contribution in [0, 0.1) is 50.7 Å². The van der Waals surface area contributed by atoms with Gasteiger partial charge in [-0.1, -0.05) is 48.5 Å². The summed E-state index contributed by atoms with van der Waals surface area (Å²) in [7, 11) is 0. The van der Waals surface area contributed by atoms with Gasteiger partial charge in [0, 0.05) is 25.2 Å². The van der Waals surface area contributed by atoms with Gasteiger partial charge in [-0.05, 0) is 132 Å². The van der Waals surface area contributed by atoms with Crippen LogP contribution in [-0.4, -0.2) is 27.8 Å². The number of aromatic nitrogens is 1. The van der Waals surface area contributed by atoms with E-state index in [2.05, 4.69) is 53.5 Å². The molecule has 6 rings (SSSR count). The van der Waals surface area contributed by atoms with Gasteiger partial charge in [0.15, 0.2) is 5.78 Å². The summed E-state index contributed by atoms with van der Waals surface area (Å²) in [5, 5.41) is 11.0. The Hall–Kier alpha value is -1.81. The normalized spacial score (nSPS) is 43.3. The first-order chi connectivity index (χ1) is 19.2. The van der Waals surface area contributed by atoms with E-state index in [-0.39, 0.29) is 39.5 Å². The number of carbonyl (C=O) groups excluding carboxylic acids is 2. The molecule has 224 valence electrons. The minimum Gasteiger partial charge on any atom is -0.393 e. The SMILES string of the molecule is CC(C)C1=C2[C@H]3CC[C@@H]4[C@@]5(C)CC[C@H](O)C(C)(C)[C@@H]5CC[C@@]4(C)[C@]3(C)CC[C@@]2(C(=O)CCc2ccncc2)CC1=O. The maximum Gasteiger partial charge on any atom is 0.160 e. The molecule has 5 aliphatic carbocycles. The van der Waals surface area contributed by atoms with E-state index in [9.17, 15) is 14.7 Å². The Morgan fingerprint density at radius 2 is 1.63 bits per heavy atom. The summed E-state index contributed by atoms with van der Waals surface area (Å²) in [5.41, 5.74) is 3.21. The number of rotatable bonds is 5. The highest BCUT2D eigenvalue weighted by molar-refractivity contribution is 6.07. The molecule has 8 atom stereocenters. The number of hydrogen-bond acceptors (Lipinski definition) is 4. The molecule has 0 bridgehead atoms. The standard InChI is InChI=1S/C37H53NO3/c1-23(2)31-26(39)22-37(30(41)11-8-24-14-20-38-21-15-24)19-18-35(6)25(32(31)37)9-10-28-34(5)16-13-29(40)33(3,4)27(34)12-17-36(28,35)7/h14-15,20-21,23,25,27-29,40H,8-13,16-19,22H2,1-7H3/t25-,27+,28-,29+,34+,35-,36-,37+/m1/s1. The minimum absolute atomic E-state index is 0.0553. The van der Waals surface area contributed by atoms with Crippen LogP contribution in [-0.2, 0) is 16.0 Å². The van der Waals surface area contributed by atoms with Crippen LogP contribution < -0.4 is 0 Å². The van der Waals surface area contributed by atoms with Crippen LogP contribution in [0.5, 0.6) is 0 Å². The van der Waals surface area contributed by atoms with E-state index < -0.39 is 5.41 Å². The smallest absolute Gasteiger partial charge is 0.160 e. The Bertz CT molecular complexity index is 1260. The molecule has 41 heavy (non-hydrogen) atoms. The topological polar surface area (TPSA) is 67.3 Å². The number of fused-ring (bicyclic) bond motifs is 7. The van der Waals surface area contributed by atoms with E-state index in [0.29, 0.717) is 42.8 Å². The van der Waals surface area contributed by atoms with Gasteiger partial charge in [-0.25, -0.2) is 0 Å². The second-order valence-corrected chi connectivity index (χ2v) is 16.4. The van der Waals surface area contributed by atoms with E-state index in [1.165, 1.54) is 24.8 Å². The highest BCUT2D eigenvalue weighted by atomic mass is 16.3. The molecule has 4 heteroatoms. The van der Waals surface area contributed by atoms with Crippen LogP contribution in [0.25, 0.3) is 0 Å². The summed E-state index contributed by atoms with van der Waals surface area (Å²) >= 11 is 0. The summed E-state index contributed by atoms with van der Waals surface area (Å²) in [4.78, 5) is 32.3. The number of pyridine rings is 1. The predicted octanol–water partition coefficient (Wildman–Crippen LogP) is 7.92. The maximum atomic E-state index is 14.3. The summed E-state index contributed by atoms with van der Waals surface area (Å²) in [6, 6.07) is 4.01. The monoisotopic (exact) mass is 559 g/mol. The highest BCUT2D eigenvalue weighted by Crippen LogP contribution is 2.76. The molecule has 0 aliphatic heterocycles. The number of carbonyl (C=O) groups is 2. The second-order valence-electron chi connectivity index (χ2n) is 16.4. The number of hydrogen-bond donors (Lipinski definition) is 1. The lowest BCUT2D eigenvalue weighted by Crippen LogP contribution is -2.65. The number of nitrogens with zero attached hydrogens (tertiary/aromatic N) is 1. The number of Topliss-reactive ketones (excluding diaryl/α,β-unsaturated/α-hetero) is 2. The lowest BCUT2D eigenvalue weighted by atomic mass is 9.33. The Balaban J connectivity index is 1.38. The van der Waals surface area contributed by atoms with Crippen molar-refractivity contribution in [2.24, 2.45) is 50.7 Å². The van der Waals surface area contributed by atoms with Crippen LogP contribution in [0.4, 0.5) is 0 Å². The summed E-state index contributed by atoms with van der Waals surface area (Å²) in [5.74, 6) is 2.12. The molecule has 4 fully saturated rings. The minimum atomic E-state index is -0.602. The molecule has 0 amide bonds. The molecule has 0 radical (unpaired) electrons. The molecule has 0 saturated heterocycles. The van der Waals surface area contributed by atoms with Gasteiger partial charge >= 0.3 is 0 Å². The fourth-order valence-electron chi connectivity index (χ4n) is 12.0. The molecule has 0 unspecified atom stereocenters. The first-order valence-electron chi connectivity index (χ1n) is 16.6. The van der Waals surface area contributed by atoms with Crippen molar-refractivity contribution < 1.29 is 14.7 Å². The van der Waals surface area contributed by atoms with Gasteiger partial charge in [-0.2, -0.15) is 0 Å². The number of aliphatic hydroxyl groups excluding tert-OH is 1. The van der Waals surface area contributed by atoms with Crippen molar-refractivity contribution in [1.29, 1.82) is 0 Å². The molecule has 1 N–H and O–H groups in total. The van der Waals surface area contributed by atoms with Gasteiger partial charge in [0.05, 0.1) is 11.5 Å². The van der Waals surface area contributed by atoms with Gasteiger partial charge in [0.2, 0.25) is 0 Å². The number of aryl methyl sites for hydroxylation is 1. The first-order valence-corrected chi connectivity index (χ1v) is 16.6. The third-order valence-electron chi connectivity index (χ3n) is 14.3. The molecule has 1 aromatic heterocycles. The van der Waals surface area contributed by atoms with Crippen LogP contribution >= 0.6 is 0 Å². The van der Waals surface area contributed by atoms with Gasteiger partial charge in [0.1, 0.15) is 5.78 Å². The van der Waals surface area contributed by atoms with Gasteiger partial charge in [-0.3, -0.25) is 14.6 Å². The average Bonchev–Trinajstić information content (AvgIpc) is 3.24. The van der Waals surface area contributed by atoms with Crippen molar-refractivity contribution in [2.45, 2.75) is 125 Å². The van der Waals surface area contributed by atoms with Crippen molar-refractivity contribution in [3.05, 3.63) is 41.2 Å². The van der Waals surface area contributed by atoms with Crippen molar-refractivity contribution in [3.8, 4) is 0 Å². The zero-order valence-electron chi connectivity index (χ0n) is 26.7. The van der Waals surface area contributed by atoms with Gasteiger partial charge in [0.25, 0.3) is 0 Å². The molecule has 0 spiro atoms. The van der Waals surface area contributed by atoms with E-state index >= 15 is 0 Å². The summed E-state index contributed by atoms with van der Waals surface area (Å²) in [6.45, 7) is 16.7. The van der Waals surface area contributed by atoms with Crippen molar-refractivity contribution >= 4 is 11.6 Å². The number of allylic oxidation sites excluding steroid dienone is 2. The van der Waals surface area contributed by atoms with Crippen LogP contribution in [0.3, 0.4) is 0 Å². The number of aliphatic hydroxyl groups is 1. The third kappa shape index (κ3) is 3.90. The Labute approximate surface area is 248 Å². The molecule has 5 aliphatic rings. The molecule has 4 nitrogen and oxygen atoms in total. The fourth-order valence-corrected chi connectivity index (χ4v) is 12.0. The third-order valence-corrected chi connectivity index (χ3v) is 14.3. The summed E-state index contributed by atoms with van der Waals surface area (Å²) < 4.78 is 0. The zero-order chi connectivity index (χ0) is 29.6. The van der Waals surface area contributed by atoms with Crippen LogP contribution in [0.2, 0.25) is 0 Å². The average molecular weight is 560 g/mol. The van der Waals surface area contributed by atoms with E-state index in [4.69, 9.17) is 0 Å². The lowest BCUT2D eigenvalue weighted by Gasteiger charge is -2.72. The van der Waals surface area contributed by atoms with Crippen LogP contribution in [0.15, 0.2) is 35.7 Å². The van der Waals surface area contributed by atoms with Crippen molar-refractivity contribution in [2.75, 3.05) is 0 Å². The van der Waals surface area contributed by atoms with E-state index in [0.717, 1.165) is 43.2 Å². The van der Waals surface area contributed by atoms with E-state index in [1.807, 2.05) is 12.1 Å². The molecule has 0 aromatic carbocycles. The quantitative estimate of drug-likeness (QED) is 0.398. The lowest BCUT2D eigenvalue weighted by molar-refractivity contribution is -0.228. The molecular weight excluding hydrogens is 506 g/mol. The van der Waals surface area contributed by atoms with Crippen LogP contribution in [0.1, 0.15) is 118 Å². The van der Waals surface area contributed by atoms with Crippen molar-refractivity contribution in [3.63, 3.8) is 0 Å². The first kappa shape index (κ1) is 29.3. The second kappa shape index (κ2) is 9.60. The summed E-state index contributed by atoms with van der Waals surface area (Å²) in [6.07, 6.45) is 13.4. The molecule has 4 saturated carbocycles. The largest absolute Gasteiger partial charge is 0.393 e. The number of ketones is 2. The van der Waals surface area contributed by atoms with Crippen molar-refractivity contribution in [1.82, 2.24) is 4.98 Å². The van der Waals surface area contributed by atoms with Gasteiger partial charge in [-0.15, -0.1) is 0 Å². The van der Waals surface area contributed by atoms with E-state index in [1.54, 1.807) is 12.4 Å². The van der Waals surface area contributed by atoms with Gasteiger partial charge < -0.3 is 5.11 Å². The fraction of sp³-hybridized carbons (Fsp3) is 0.757. The Morgan fingerprint density at radius 1 is 0.927 bits per heavy atom. The Kier molecular flexibility index (Phi) is 6.85. The predicted molar refractivity (Wildman–Crippen MR) is 163 cm³/mol. The zero-order valence-corrected chi connectivity index (χ0v) is 26.7.